The highest BCUT2D eigenvalue weighted by molar-refractivity contribution is 5.67. The predicted molar refractivity (Wildman–Crippen MR) is 90.7 cm³/mol. The van der Waals surface area contributed by atoms with E-state index in [0.29, 0.717) is 12.6 Å². The van der Waals surface area contributed by atoms with Gasteiger partial charge in [-0.25, -0.2) is 4.79 Å². The first-order chi connectivity index (χ1) is 10.3. The van der Waals surface area contributed by atoms with Gasteiger partial charge in [0.1, 0.15) is 5.60 Å². The Morgan fingerprint density at radius 1 is 1.14 bits per heavy atom. The summed E-state index contributed by atoms with van der Waals surface area (Å²) in [5.41, 5.74) is 1.86. The maximum atomic E-state index is 11.6. The number of hydrogen-bond donors (Lipinski definition) is 2. The molecule has 0 aromatic heterocycles. The van der Waals surface area contributed by atoms with E-state index < -0.39 is 5.60 Å². The Hall–Kier alpha value is -1.55. The molecule has 0 aliphatic rings. The summed E-state index contributed by atoms with van der Waals surface area (Å²) in [6, 6.07) is 8.81. The molecule has 1 amide bonds. The molecule has 1 atom stereocenters. The molecule has 0 aliphatic heterocycles. The number of alkyl carbamates (subject to hydrolysis) is 1. The van der Waals surface area contributed by atoms with Crippen molar-refractivity contribution >= 4 is 6.09 Å². The van der Waals surface area contributed by atoms with Crippen LogP contribution in [-0.2, 0) is 17.8 Å². The van der Waals surface area contributed by atoms with Gasteiger partial charge in [0.15, 0.2) is 0 Å². The average molecular weight is 306 g/mol. The van der Waals surface area contributed by atoms with Crippen molar-refractivity contribution in [1.29, 1.82) is 0 Å². The van der Waals surface area contributed by atoms with Crippen molar-refractivity contribution in [3.8, 4) is 0 Å². The van der Waals surface area contributed by atoms with Gasteiger partial charge in [-0.1, -0.05) is 37.6 Å². The number of nitrogens with one attached hydrogen (secondary N) is 2. The lowest BCUT2D eigenvalue weighted by Gasteiger charge is -2.19. The number of carbonyl (C=O) groups is 1. The second kappa shape index (κ2) is 8.79. The topological polar surface area (TPSA) is 50.4 Å². The number of benzene rings is 1. The lowest BCUT2D eigenvalue weighted by molar-refractivity contribution is 0.0523. The van der Waals surface area contributed by atoms with E-state index in [0.717, 1.165) is 12.1 Å². The SMILES string of the molecule is CCCC(C)NCc1ccc(CNC(=O)OC(C)(C)C)cc1. The molecule has 0 saturated carbocycles. The maximum Gasteiger partial charge on any atom is 0.407 e. The standard InChI is InChI=1S/C18H30N2O2/c1-6-7-14(2)19-12-15-8-10-16(11-9-15)13-20-17(21)22-18(3,4)5/h8-11,14,19H,6-7,12-13H2,1-5H3,(H,20,21). The summed E-state index contributed by atoms with van der Waals surface area (Å²) in [5, 5.41) is 6.27. The fraction of sp³-hybridized carbons (Fsp3) is 0.611. The summed E-state index contributed by atoms with van der Waals surface area (Å²) in [4.78, 5) is 11.6. The Morgan fingerprint density at radius 3 is 2.18 bits per heavy atom. The number of rotatable bonds is 7. The van der Waals surface area contributed by atoms with Gasteiger partial charge in [-0.2, -0.15) is 0 Å². The molecule has 4 heteroatoms. The van der Waals surface area contributed by atoms with Crippen LogP contribution < -0.4 is 10.6 Å². The van der Waals surface area contributed by atoms with Gasteiger partial charge in [0, 0.05) is 19.1 Å². The smallest absolute Gasteiger partial charge is 0.407 e. The van der Waals surface area contributed by atoms with Gasteiger partial charge in [-0.15, -0.1) is 0 Å². The lowest BCUT2D eigenvalue weighted by Crippen LogP contribution is -2.32. The fourth-order valence-corrected chi connectivity index (χ4v) is 2.09. The maximum absolute atomic E-state index is 11.6. The van der Waals surface area contributed by atoms with E-state index in [-0.39, 0.29) is 6.09 Å². The molecule has 0 bridgehead atoms. The highest BCUT2D eigenvalue weighted by atomic mass is 16.6. The van der Waals surface area contributed by atoms with Crippen molar-refractivity contribution in [2.75, 3.05) is 0 Å². The number of carbonyl (C=O) groups excluding carboxylic acids is 1. The Morgan fingerprint density at radius 2 is 1.68 bits per heavy atom. The van der Waals surface area contributed by atoms with Crippen LogP contribution >= 0.6 is 0 Å². The first kappa shape index (κ1) is 18.5. The van der Waals surface area contributed by atoms with E-state index >= 15 is 0 Å². The second-order valence-corrected chi connectivity index (χ2v) is 6.74. The molecule has 22 heavy (non-hydrogen) atoms. The molecule has 0 aliphatic carbocycles. The van der Waals surface area contributed by atoms with Crippen LogP contribution in [0.2, 0.25) is 0 Å². The van der Waals surface area contributed by atoms with Gasteiger partial charge in [-0.05, 0) is 45.2 Å². The van der Waals surface area contributed by atoms with Gasteiger partial charge < -0.3 is 15.4 Å². The van der Waals surface area contributed by atoms with Crippen molar-refractivity contribution in [2.45, 2.75) is 72.2 Å². The summed E-state index contributed by atoms with van der Waals surface area (Å²) in [5.74, 6) is 0. The average Bonchev–Trinajstić information content (AvgIpc) is 2.42. The van der Waals surface area contributed by atoms with Gasteiger partial charge in [-0.3, -0.25) is 0 Å². The van der Waals surface area contributed by atoms with Crippen LogP contribution in [0.3, 0.4) is 0 Å². The molecule has 4 nitrogen and oxygen atoms in total. The minimum absolute atomic E-state index is 0.383. The minimum Gasteiger partial charge on any atom is -0.444 e. The van der Waals surface area contributed by atoms with Crippen LogP contribution in [0.15, 0.2) is 24.3 Å². The quantitative estimate of drug-likeness (QED) is 0.801. The van der Waals surface area contributed by atoms with Crippen molar-refractivity contribution in [1.82, 2.24) is 10.6 Å². The first-order valence-electron chi connectivity index (χ1n) is 8.08. The van der Waals surface area contributed by atoms with Crippen LogP contribution in [0, 0.1) is 0 Å². The lowest BCUT2D eigenvalue weighted by atomic mass is 10.1. The zero-order valence-corrected chi connectivity index (χ0v) is 14.5. The molecule has 0 radical (unpaired) electrons. The first-order valence-corrected chi connectivity index (χ1v) is 8.08. The molecule has 1 unspecified atom stereocenters. The van der Waals surface area contributed by atoms with Crippen molar-refractivity contribution in [3.05, 3.63) is 35.4 Å². The summed E-state index contributed by atoms with van der Waals surface area (Å²) in [7, 11) is 0. The Kier molecular flexibility index (Phi) is 7.39. The van der Waals surface area contributed by atoms with Crippen molar-refractivity contribution in [3.63, 3.8) is 0 Å². The van der Waals surface area contributed by atoms with Gasteiger partial charge in [0.25, 0.3) is 0 Å². The van der Waals surface area contributed by atoms with Crippen LogP contribution in [0.4, 0.5) is 4.79 Å². The zero-order chi connectivity index (χ0) is 16.6. The van der Waals surface area contributed by atoms with Crippen LogP contribution in [-0.4, -0.2) is 17.7 Å². The number of hydrogen-bond acceptors (Lipinski definition) is 3. The summed E-state index contributed by atoms with van der Waals surface area (Å²) >= 11 is 0. The third-order valence-electron chi connectivity index (χ3n) is 3.24. The molecule has 0 heterocycles. The molecule has 124 valence electrons. The van der Waals surface area contributed by atoms with E-state index in [9.17, 15) is 4.79 Å². The summed E-state index contributed by atoms with van der Waals surface area (Å²) in [6.07, 6.45) is 2.01. The van der Waals surface area contributed by atoms with Crippen molar-refractivity contribution < 1.29 is 9.53 Å². The molecule has 1 aromatic rings. The molecule has 2 N–H and O–H groups in total. The Balaban J connectivity index is 2.37. The normalized spacial score (nSPS) is 12.8. The number of ether oxygens (including phenoxy) is 1. The van der Waals surface area contributed by atoms with Crippen LogP contribution in [0.5, 0.6) is 0 Å². The second-order valence-electron chi connectivity index (χ2n) is 6.74. The molecule has 0 fully saturated rings. The van der Waals surface area contributed by atoms with E-state index in [1.807, 2.05) is 32.9 Å². The third kappa shape index (κ3) is 8.03. The number of amides is 1. The fourth-order valence-electron chi connectivity index (χ4n) is 2.09. The molecule has 1 aromatic carbocycles. The van der Waals surface area contributed by atoms with E-state index in [4.69, 9.17) is 4.74 Å². The van der Waals surface area contributed by atoms with E-state index in [2.05, 4.69) is 36.6 Å². The summed E-state index contributed by atoms with van der Waals surface area (Å²) < 4.78 is 5.21. The molecule has 1 rings (SSSR count). The Bertz CT molecular complexity index is 449. The molecular formula is C18H30N2O2. The minimum atomic E-state index is -0.463. The van der Waals surface area contributed by atoms with Gasteiger partial charge >= 0.3 is 6.09 Å². The predicted octanol–water partition coefficient (Wildman–Crippen LogP) is 3.99. The summed E-state index contributed by atoms with van der Waals surface area (Å²) in [6.45, 7) is 11.3. The molecule has 0 saturated heterocycles. The highest BCUT2D eigenvalue weighted by Crippen LogP contribution is 2.08. The van der Waals surface area contributed by atoms with Crippen LogP contribution in [0.25, 0.3) is 0 Å². The van der Waals surface area contributed by atoms with Crippen molar-refractivity contribution in [2.24, 2.45) is 0 Å². The van der Waals surface area contributed by atoms with E-state index in [1.54, 1.807) is 0 Å². The van der Waals surface area contributed by atoms with E-state index in [1.165, 1.54) is 18.4 Å². The molecular weight excluding hydrogens is 276 g/mol. The van der Waals surface area contributed by atoms with Crippen LogP contribution in [0.1, 0.15) is 58.6 Å². The monoisotopic (exact) mass is 306 g/mol. The zero-order valence-electron chi connectivity index (χ0n) is 14.5. The highest BCUT2D eigenvalue weighted by Gasteiger charge is 2.15. The largest absolute Gasteiger partial charge is 0.444 e. The van der Waals surface area contributed by atoms with Gasteiger partial charge in [0.2, 0.25) is 0 Å². The molecule has 0 spiro atoms. The third-order valence-corrected chi connectivity index (χ3v) is 3.24. The Labute approximate surface area is 134 Å². The van der Waals surface area contributed by atoms with Gasteiger partial charge in [0.05, 0.1) is 0 Å².